The summed E-state index contributed by atoms with van der Waals surface area (Å²) in [4.78, 5) is 108. The smallest absolute Gasteiger partial charge is 0.410 e. The molecule has 0 aromatic heterocycles. The Morgan fingerprint density at radius 2 is 1.05 bits per heavy atom. The molecule has 14 atom stereocenters. The Morgan fingerprint density at radius 3 is 1.54 bits per heavy atom. The molecule has 3 rings (SSSR count). The number of alkyl carbamates (subject to hydrolysis) is 4. The molecule has 6 unspecified atom stereocenters. The standard InChI is InChI=1S/C53H92N6O21/c1-20-33-36(62)35(58-47(68)79-52(13,14)15)40(71-28(3)61)43(73-33)75-38-31(55-41(64)34(70-27(2)60)23-24-54-44(65)76-49(4,5)6)25-32(57-46(67)78-51(10,11)12)39(37(38)63)74-42-30(56-45(66)77-50(7,8)9)22-21-29(72-42)26-59(19)48(69)80-53(16,17)18/h29-40,42-43,62-63H,20-26H2,1-19H3,(H,54,65)(H,55,64)(H,56,66)(H,57,67)(H,58,68)/t29?,30?,31-,32-,33?,34+,35+,36-,37?,38+,39?,40?,42-,43-/m1/s1. The van der Waals surface area contributed by atoms with Crippen LogP contribution in [0.2, 0.25) is 0 Å². The van der Waals surface area contributed by atoms with E-state index in [-0.39, 0.29) is 38.8 Å². The van der Waals surface area contributed by atoms with Crippen LogP contribution in [0.15, 0.2) is 0 Å². The molecule has 0 aromatic rings. The van der Waals surface area contributed by atoms with Crippen molar-refractivity contribution in [1.82, 2.24) is 31.5 Å². The van der Waals surface area contributed by atoms with Crippen LogP contribution in [-0.2, 0) is 66.5 Å². The highest BCUT2D eigenvalue weighted by atomic mass is 16.7. The second-order valence-corrected chi connectivity index (χ2v) is 25.1. The number of ether oxygens (including phenoxy) is 11. The zero-order chi connectivity index (χ0) is 61.0. The maximum atomic E-state index is 14.5. The Bertz CT molecular complexity index is 2110. The molecular formula is C53H92N6O21. The summed E-state index contributed by atoms with van der Waals surface area (Å²) in [5, 5.41) is 38.0. The highest BCUT2D eigenvalue weighted by molar-refractivity contribution is 5.84. The molecule has 2 aliphatic heterocycles. The van der Waals surface area contributed by atoms with Crippen molar-refractivity contribution in [2.45, 2.75) is 270 Å². The second kappa shape index (κ2) is 28.5. The highest BCUT2D eigenvalue weighted by Gasteiger charge is 2.55. The molecule has 0 bridgehead atoms. The van der Waals surface area contributed by atoms with Gasteiger partial charge in [-0.15, -0.1) is 0 Å². The van der Waals surface area contributed by atoms with Gasteiger partial charge in [0.05, 0.1) is 30.3 Å². The number of likely N-dealkylation sites (N-methyl/N-ethyl adjacent to an activating group) is 1. The lowest BCUT2D eigenvalue weighted by molar-refractivity contribution is -0.315. The van der Waals surface area contributed by atoms with Gasteiger partial charge in [0, 0.05) is 40.4 Å². The Labute approximate surface area is 469 Å². The number of nitrogens with zero attached hydrogens (tertiary/aromatic N) is 1. The van der Waals surface area contributed by atoms with E-state index in [2.05, 4.69) is 26.6 Å². The lowest BCUT2D eigenvalue weighted by Gasteiger charge is -2.50. The Morgan fingerprint density at radius 1 is 0.575 bits per heavy atom. The summed E-state index contributed by atoms with van der Waals surface area (Å²) in [7, 11) is 1.51. The number of esters is 2. The average Bonchev–Trinajstić information content (AvgIpc) is 3.25. The van der Waals surface area contributed by atoms with Gasteiger partial charge < -0.3 is 93.8 Å². The van der Waals surface area contributed by atoms with Crippen LogP contribution in [0.1, 0.15) is 157 Å². The normalized spacial score (nSPS) is 27.8. The lowest BCUT2D eigenvalue weighted by Crippen LogP contribution is -2.70. The number of carbonyl (C=O) groups is 8. The third-order valence-corrected chi connectivity index (χ3v) is 11.7. The number of aliphatic hydroxyl groups is 2. The number of hydrogen-bond acceptors (Lipinski definition) is 21. The van der Waals surface area contributed by atoms with Gasteiger partial charge in [0.1, 0.15) is 58.5 Å². The molecule has 80 heavy (non-hydrogen) atoms. The summed E-state index contributed by atoms with van der Waals surface area (Å²) in [6, 6.07) is -5.29. The molecule has 1 saturated carbocycles. The number of nitrogens with one attached hydrogen (secondary N) is 5. The topological polar surface area (TPSA) is 342 Å². The Kier molecular flexibility index (Phi) is 24.5. The van der Waals surface area contributed by atoms with E-state index < -0.39 is 168 Å². The fourth-order valence-electron chi connectivity index (χ4n) is 8.68. The second-order valence-electron chi connectivity index (χ2n) is 25.1. The van der Waals surface area contributed by atoms with E-state index in [1.165, 1.54) is 11.9 Å². The van der Waals surface area contributed by atoms with Crippen LogP contribution in [0, 0.1) is 0 Å². The third-order valence-electron chi connectivity index (χ3n) is 11.7. The molecule has 3 aliphatic rings. The molecule has 6 amide bonds. The summed E-state index contributed by atoms with van der Waals surface area (Å²) in [6.45, 7) is 28.3. The third kappa shape index (κ3) is 23.9. The van der Waals surface area contributed by atoms with Gasteiger partial charge in [0.2, 0.25) is 0 Å². The molecule has 1 aliphatic carbocycles. The quantitative estimate of drug-likeness (QED) is 0.0787. The van der Waals surface area contributed by atoms with Crippen LogP contribution >= 0.6 is 0 Å². The zero-order valence-electron chi connectivity index (χ0n) is 50.1. The predicted molar refractivity (Wildman–Crippen MR) is 283 cm³/mol. The Balaban J connectivity index is 2.28. The number of aliphatic hydroxyl groups excluding tert-OH is 2. The summed E-state index contributed by atoms with van der Waals surface area (Å²) in [5.41, 5.74) is -4.71. The predicted octanol–water partition coefficient (Wildman–Crippen LogP) is 4.33. The van der Waals surface area contributed by atoms with Gasteiger partial charge in [0.15, 0.2) is 24.8 Å². The van der Waals surface area contributed by atoms with Crippen molar-refractivity contribution in [2.24, 2.45) is 0 Å². The molecule has 0 aromatic carbocycles. The van der Waals surface area contributed by atoms with E-state index in [1.54, 1.807) is 111 Å². The summed E-state index contributed by atoms with van der Waals surface area (Å²) >= 11 is 0. The van der Waals surface area contributed by atoms with Crippen molar-refractivity contribution in [2.75, 3.05) is 20.1 Å². The number of hydrogen-bond donors (Lipinski definition) is 7. The van der Waals surface area contributed by atoms with Crippen LogP contribution in [0.5, 0.6) is 0 Å². The minimum atomic E-state index is -2.00. The average molecular weight is 1150 g/mol. The molecule has 3 fully saturated rings. The first-order valence-electron chi connectivity index (χ1n) is 27.1. The van der Waals surface area contributed by atoms with Crippen molar-refractivity contribution in [1.29, 1.82) is 0 Å². The molecular weight excluding hydrogens is 1060 g/mol. The fraction of sp³-hybridized carbons (Fsp3) is 0.849. The van der Waals surface area contributed by atoms with E-state index >= 15 is 0 Å². The van der Waals surface area contributed by atoms with Gasteiger partial charge in [-0.3, -0.25) is 14.4 Å². The molecule has 2 saturated heterocycles. The van der Waals surface area contributed by atoms with Crippen molar-refractivity contribution in [3.8, 4) is 0 Å². The fourth-order valence-corrected chi connectivity index (χ4v) is 8.68. The number of carbonyl (C=O) groups excluding carboxylic acids is 8. The molecule has 7 N–H and O–H groups in total. The molecule has 27 heteroatoms. The van der Waals surface area contributed by atoms with Gasteiger partial charge >= 0.3 is 42.4 Å². The largest absolute Gasteiger partial charge is 0.455 e. The minimum Gasteiger partial charge on any atom is -0.455 e. The molecule has 2 heterocycles. The van der Waals surface area contributed by atoms with Crippen LogP contribution < -0.4 is 26.6 Å². The maximum absolute atomic E-state index is 14.5. The monoisotopic (exact) mass is 1150 g/mol. The molecule has 0 spiro atoms. The molecule has 460 valence electrons. The van der Waals surface area contributed by atoms with Crippen molar-refractivity contribution >= 4 is 48.3 Å². The first kappa shape index (κ1) is 68.8. The minimum absolute atomic E-state index is 0.0309. The molecule has 0 radical (unpaired) electrons. The van der Waals surface area contributed by atoms with Gasteiger partial charge in [0.25, 0.3) is 5.91 Å². The summed E-state index contributed by atoms with van der Waals surface area (Å²) < 4.78 is 65.0. The maximum Gasteiger partial charge on any atom is 0.410 e. The van der Waals surface area contributed by atoms with E-state index in [4.69, 9.17) is 52.1 Å². The summed E-state index contributed by atoms with van der Waals surface area (Å²) in [5.74, 6) is -2.74. The van der Waals surface area contributed by atoms with Gasteiger partial charge in [-0.05, 0) is 130 Å². The van der Waals surface area contributed by atoms with Gasteiger partial charge in [-0.1, -0.05) is 6.92 Å². The first-order valence-corrected chi connectivity index (χ1v) is 27.1. The Hall–Kier alpha value is -5.48. The first-order chi connectivity index (χ1) is 36.5. The zero-order valence-corrected chi connectivity index (χ0v) is 50.1. The SMILES string of the molecule is CCC1O[C@H](O[C@@H]2C(O)C(O[C@H]3OC(CN(C)C(=O)OC(C)(C)C)CCC3NC(=O)OC(C)(C)C)[C@H](NC(=O)OC(C)(C)C)C[C@H]2NC(=O)[C@H](CCNC(=O)OC(C)(C)C)OC(C)=O)C(OC(C)=O)[C@@H](NC(=O)OC(C)(C)C)[C@@H]1O. The van der Waals surface area contributed by atoms with Crippen molar-refractivity contribution in [3.05, 3.63) is 0 Å². The van der Waals surface area contributed by atoms with Crippen LogP contribution in [0.4, 0.5) is 24.0 Å². The van der Waals surface area contributed by atoms with E-state index in [0.29, 0.717) is 0 Å². The van der Waals surface area contributed by atoms with Gasteiger partial charge in [-0.25, -0.2) is 24.0 Å². The highest BCUT2D eigenvalue weighted by Crippen LogP contribution is 2.35. The van der Waals surface area contributed by atoms with E-state index in [1.807, 2.05) is 0 Å². The van der Waals surface area contributed by atoms with Crippen LogP contribution in [0.25, 0.3) is 0 Å². The number of amides is 6. The van der Waals surface area contributed by atoms with E-state index in [0.717, 1.165) is 13.8 Å². The number of rotatable bonds is 17. The summed E-state index contributed by atoms with van der Waals surface area (Å²) in [6.07, 6.45) is -19.9. The van der Waals surface area contributed by atoms with Crippen LogP contribution in [-0.4, -0.2) is 197 Å². The van der Waals surface area contributed by atoms with E-state index in [9.17, 15) is 48.6 Å². The lowest BCUT2D eigenvalue weighted by atomic mass is 9.83. The van der Waals surface area contributed by atoms with Crippen molar-refractivity contribution in [3.63, 3.8) is 0 Å². The van der Waals surface area contributed by atoms with Crippen LogP contribution in [0.3, 0.4) is 0 Å². The molecule has 27 nitrogen and oxygen atoms in total. The van der Waals surface area contributed by atoms with Crippen molar-refractivity contribution < 1.29 is 101 Å². The van der Waals surface area contributed by atoms with Gasteiger partial charge in [-0.2, -0.15) is 0 Å².